The summed E-state index contributed by atoms with van der Waals surface area (Å²) >= 11 is 0. The maximum atomic E-state index is 9.28. The van der Waals surface area contributed by atoms with Crippen molar-refractivity contribution in [2.24, 2.45) is 0 Å². The van der Waals surface area contributed by atoms with Crippen LogP contribution < -0.4 is 0 Å². The first-order chi connectivity index (χ1) is 2.27. The largest absolute Gasteiger partial charge is 0.419 e. The molecule has 0 radical (unpaired) electrons. The second-order valence-electron chi connectivity index (χ2n) is 0.882. The minimum absolute atomic E-state index is 0. The molecule has 0 aromatic carbocycles. The van der Waals surface area contributed by atoms with E-state index < -0.39 is 0 Å². The van der Waals surface area contributed by atoms with E-state index in [-0.39, 0.29) is 17.4 Å². The third-order valence-electron chi connectivity index (χ3n) is 0.174. The summed E-state index contributed by atoms with van der Waals surface area (Å²) < 4.78 is 0. The standard InChI is InChI=1S/C4H5O.Cr/c1-4(2)3-5;/h1H2,2H3;/q-1;. The summed E-state index contributed by atoms with van der Waals surface area (Å²) in [4.78, 5) is 9.28. The maximum absolute atomic E-state index is 9.28. The minimum atomic E-state index is 0. The zero-order chi connectivity index (χ0) is 4.28. The molecule has 6 heavy (non-hydrogen) atoms. The number of carbonyl (C=O) groups excluding carboxylic acids is 1. The van der Waals surface area contributed by atoms with E-state index in [1.807, 2.05) is 0 Å². The van der Waals surface area contributed by atoms with Gasteiger partial charge in [-0.3, -0.25) is 0 Å². The molecule has 0 amide bonds. The van der Waals surface area contributed by atoms with Crippen LogP contribution in [-0.4, -0.2) is 6.29 Å². The van der Waals surface area contributed by atoms with Gasteiger partial charge in [0.05, 0.1) is 0 Å². The molecule has 0 aliphatic heterocycles. The van der Waals surface area contributed by atoms with Crippen LogP contribution in [0.4, 0.5) is 0 Å². The van der Waals surface area contributed by atoms with Crippen molar-refractivity contribution in [1.82, 2.24) is 0 Å². The zero-order valence-electron chi connectivity index (χ0n) is 3.52. The first-order valence-corrected chi connectivity index (χ1v) is 1.31. The Bertz CT molecular complexity index is 58.6. The molecular weight excluding hydrogens is 116 g/mol. The van der Waals surface area contributed by atoms with Crippen LogP contribution in [0.2, 0.25) is 0 Å². The van der Waals surface area contributed by atoms with Gasteiger partial charge in [-0.1, -0.05) is 6.92 Å². The Labute approximate surface area is 48.2 Å². The van der Waals surface area contributed by atoms with Crippen molar-refractivity contribution in [2.45, 2.75) is 6.92 Å². The Kier molecular flexibility index (Phi) is 7.69. The van der Waals surface area contributed by atoms with Gasteiger partial charge in [0, 0.05) is 17.4 Å². The summed E-state index contributed by atoms with van der Waals surface area (Å²) in [5.41, 5.74) is 0.449. The average Bonchev–Trinajstić information content (AvgIpc) is 1.38. The zero-order valence-corrected chi connectivity index (χ0v) is 4.80. The van der Waals surface area contributed by atoms with Crippen LogP contribution in [0, 0.1) is 0 Å². The molecule has 0 aliphatic carbocycles. The van der Waals surface area contributed by atoms with Crippen LogP contribution in [0.15, 0.2) is 12.2 Å². The monoisotopic (exact) mass is 121 g/mol. The molecule has 0 aromatic heterocycles. The number of rotatable bonds is 1. The van der Waals surface area contributed by atoms with Gasteiger partial charge in [-0.05, 0) is 6.29 Å². The number of allylic oxidation sites excluding steroid dienone is 1. The minimum Gasteiger partial charge on any atom is -0.419 e. The van der Waals surface area contributed by atoms with Gasteiger partial charge in [-0.15, -0.1) is 0 Å². The van der Waals surface area contributed by atoms with Gasteiger partial charge >= 0.3 is 0 Å². The Morgan fingerprint density at radius 1 is 1.83 bits per heavy atom. The Morgan fingerprint density at radius 2 is 2.00 bits per heavy atom. The van der Waals surface area contributed by atoms with Crippen molar-refractivity contribution in [1.29, 1.82) is 0 Å². The van der Waals surface area contributed by atoms with E-state index in [9.17, 15) is 4.79 Å². The fraction of sp³-hybridized carbons (Fsp3) is 0.250. The SMILES string of the molecule is C=C(C)[C-]=O.[Cr]. The Balaban J connectivity index is 0. The third-order valence-corrected chi connectivity index (χ3v) is 0.174. The van der Waals surface area contributed by atoms with E-state index >= 15 is 0 Å². The van der Waals surface area contributed by atoms with Crippen molar-refractivity contribution < 1.29 is 22.2 Å². The van der Waals surface area contributed by atoms with Crippen molar-refractivity contribution in [3.63, 3.8) is 0 Å². The quantitative estimate of drug-likeness (QED) is 0.368. The summed E-state index contributed by atoms with van der Waals surface area (Å²) in [6.45, 7) is 4.85. The molecule has 2 heteroatoms. The van der Waals surface area contributed by atoms with Crippen LogP contribution in [0.3, 0.4) is 0 Å². The summed E-state index contributed by atoms with van der Waals surface area (Å²) in [6.07, 6.45) is 1.58. The van der Waals surface area contributed by atoms with Gasteiger partial charge in [-0.25, -0.2) is 6.58 Å². The molecule has 0 bridgehead atoms. The molecule has 0 rings (SSSR count). The van der Waals surface area contributed by atoms with Crippen molar-refractivity contribution in [2.75, 3.05) is 0 Å². The summed E-state index contributed by atoms with van der Waals surface area (Å²) in [5.74, 6) is 0. The first-order valence-electron chi connectivity index (χ1n) is 1.31. The fourth-order valence-corrected chi connectivity index (χ4v) is 0. The summed E-state index contributed by atoms with van der Waals surface area (Å²) in [6, 6.07) is 0. The average molecular weight is 121 g/mol. The van der Waals surface area contributed by atoms with Crippen LogP contribution >= 0.6 is 0 Å². The van der Waals surface area contributed by atoms with E-state index in [0.29, 0.717) is 5.57 Å². The molecule has 0 N–H and O–H groups in total. The van der Waals surface area contributed by atoms with Gasteiger partial charge in [-0.2, -0.15) is 5.57 Å². The smallest absolute Gasteiger partial charge is 0 e. The molecule has 0 atom stereocenters. The predicted molar refractivity (Wildman–Crippen MR) is 20.5 cm³/mol. The Hall–Kier alpha value is -0.0575. The molecule has 0 heterocycles. The normalized spacial score (nSPS) is 5.50. The summed E-state index contributed by atoms with van der Waals surface area (Å²) in [7, 11) is 0. The number of hydrogen-bond acceptors (Lipinski definition) is 1. The summed E-state index contributed by atoms with van der Waals surface area (Å²) in [5, 5.41) is 0. The maximum Gasteiger partial charge on any atom is 0 e. The predicted octanol–water partition coefficient (Wildman–Crippen LogP) is 0.670. The van der Waals surface area contributed by atoms with Gasteiger partial charge in [0.25, 0.3) is 0 Å². The van der Waals surface area contributed by atoms with E-state index in [2.05, 4.69) is 6.58 Å². The fourth-order valence-electron chi connectivity index (χ4n) is 0. The van der Waals surface area contributed by atoms with Crippen molar-refractivity contribution >= 4 is 6.29 Å². The van der Waals surface area contributed by atoms with Crippen LogP contribution in [0.25, 0.3) is 0 Å². The van der Waals surface area contributed by atoms with Crippen LogP contribution in [-0.2, 0) is 22.2 Å². The second kappa shape index (κ2) is 4.94. The third kappa shape index (κ3) is 9.05. The molecule has 0 spiro atoms. The van der Waals surface area contributed by atoms with E-state index in [4.69, 9.17) is 0 Å². The van der Waals surface area contributed by atoms with Gasteiger partial charge < -0.3 is 4.79 Å². The molecule has 0 saturated heterocycles. The topological polar surface area (TPSA) is 17.1 Å². The molecular formula is C4H5CrO-. The van der Waals surface area contributed by atoms with Gasteiger partial charge in [0.1, 0.15) is 0 Å². The molecule has 0 aliphatic rings. The molecule has 34 valence electrons. The van der Waals surface area contributed by atoms with Crippen molar-refractivity contribution in [3.8, 4) is 0 Å². The van der Waals surface area contributed by atoms with E-state index in [1.165, 1.54) is 0 Å². The van der Waals surface area contributed by atoms with Crippen molar-refractivity contribution in [3.05, 3.63) is 12.2 Å². The molecule has 0 fully saturated rings. The molecule has 1 nitrogen and oxygen atoms in total. The van der Waals surface area contributed by atoms with Gasteiger partial charge in [0.2, 0.25) is 0 Å². The molecule has 0 saturated carbocycles. The van der Waals surface area contributed by atoms with Crippen LogP contribution in [0.1, 0.15) is 6.92 Å². The van der Waals surface area contributed by atoms with Gasteiger partial charge in [0.15, 0.2) is 0 Å². The second-order valence-corrected chi connectivity index (χ2v) is 0.882. The van der Waals surface area contributed by atoms with E-state index in [1.54, 1.807) is 13.2 Å². The Morgan fingerprint density at radius 3 is 2.00 bits per heavy atom. The molecule has 0 unspecified atom stereocenters. The number of hydrogen-bond donors (Lipinski definition) is 0. The first kappa shape index (κ1) is 9.34. The molecule has 0 aromatic rings. The van der Waals surface area contributed by atoms with Crippen LogP contribution in [0.5, 0.6) is 0 Å². The van der Waals surface area contributed by atoms with E-state index in [0.717, 1.165) is 0 Å².